The van der Waals surface area contributed by atoms with Crippen molar-refractivity contribution < 1.29 is 0 Å². The van der Waals surface area contributed by atoms with Gasteiger partial charge in [0.1, 0.15) is 0 Å². The molecule has 3 rings (SSSR count). The molecule has 3 heteroatoms. The van der Waals surface area contributed by atoms with E-state index in [1.807, 2.05) is 0 Å². The first-order chi connectivity index (χ1) is 9.20. The lowest BCUT2D eigenvalue weighted by Gasteiger charge is -2.26. The molecule has 98 valence electrons. The molecule has 0 saturated carbocycles. The molecule has 0 amide bonds. The summed E-state index contributed by atoms with van der Waals surface area (Å²) < 4.78 is 2.31. The van der Waals surface area contributed by atoms with Gasteiger partial charge in [0.15, 0.2) is 0 Å². The van der Waals surface area contributed by atoms with Gasteiger partial charge in [-0.25, -0.2) is 0 Å². The summed E-state index contributed by atoms with van der Waals surface area (Å²) in [6.45, 7) is 0. The predicted octanol–water partition coefficient (Wildman–Crippen LogP) is 5.18. The zero-order valence-electron chi connectivity index (χ0n) is 10.5. The van der Waals surface area contributed by atoms with Gasteiger partial charge in [-0.3, -0.25) is 0 Å². The molecule has 2 aromatic carbocycles. The van der Waals surface area contributed by atoms with E-state index in [-0.39, 0.29) is 0 Å². The van der Waals surface area contributed by atoms with Crippen molar-refractivity contribution in [3.8, 4) is 0 Å². The van der Waals surface area contributed by atoms with Crippen molar-refractivity contribution in [2.45, 2.75) is 25.3 Å². The van der Waals surface area contributed by atoms with Gasteiger partial charge in [-0.2, -0.15) is 0 Å². The minimum absolute atomic E-state index is 0.531. The highest BCUT2D eigenvalue weighted by Gasteiger charge is 2.18. The molecule has 0 heterocycles. The van der Waals surface area contributed by atoms with E-state index in [4.69, 9.17) is 0 Å². The van der Waals surface area contributed by atoms with Crippen LogP contribution in [-0.2, 0) is 12.8 Å². The van der Waals surface area contributed by atoms with Crippen molar-refractivity contribution in [2.24, 2.45) is 0 Å². The average molecular weight is 381 g/mol. The Hall–Kier alpha value is -0.800. The third kappa shape index (κ3) is 3.21. The lowest BCUT2D eigenvalue weighted by molar-refractivity contribution is 0.610. The summed E-state index contributed by atoms with van der Waals surface area (Å²) in [5.74, 6) is 0. The number of anilines is 1. The Bertz CT molecular complexity index is 595. The average Bonchev–Trinajstić information content (AvgIpc) is 2.39. The van der Waals surface area contributed by atoms with Crippen LogP contribution < -0.4 is 5.32 Å². The molecular weight excluding hydrogens is 366 g/mol. The van der Waals surface area contributed by atoms with Crippen LogP contribution >= 0.6 is 31.9 Å². The fourth-order valence-corrected chi connectivity index (χ4v) is 3.47. The van der Waals surface area contributed by atoms with Crippen molar-refractivity contribution in [3.05, 3.63) is 62.5 Å². The first-order valence-corrected chi connectivity index (χ1v) is 8.09. The molecule has 1 aliphatic carbocycles. The van der Waals surface area contributed by atoms with Crippen LogP contribution in [0.2, 0.25) is 0 Å². The maximum atomic E-state index is 3.64. The highest BCUT2D eigenvalue weighted by molar-refractivity contribution is 9.10. The van der Waals surface area contributed by atoms with Crippen molar-refractivity contribution in [1.29, 1.82) is 0 Å². The Labute approximate surface area is 130 Å². The number of aryl methyl sites for hydroxylation is 1. The standard InChI is InChI=1S/C16H15Br2N/c17-13-2-1-3-15(10-13)19-16-7-5-11-8-14(18)6-4-12(11)9-16/h1-4,6,8,10,16,19H,5,7,9H2. The number of nitrogens with one attached hydrogen (secondary N) is 1. The van der Waals surface area contributed by atoms with Crippen LogP contribution in [0, 0.1) is 0 Å². The molecule has 0 spiro atoms. The summed E-state index contributed by atoms with van der Waals surface area (Å²) in [6, 6.07) is 15.6. The third-order valence-corrected chi connectivity index (χ3v) is 4.58. The van der Waals surface area contributed by atoms with Crippen LogP contribution in [0.25, 0.3) is 0 Å². The van der Waals surface area contributed by atoms with E-state index < -0.39 is 0 Å². The number of hydrogen-bond donors (Lipinski definition) is 1. The second-order valence-corrected chi connectivity index (χ2v) is 6.84. The van der Waals surface area contributed by atoms with E-state index in [2.05, 4.69) is 79.6 Å². The molecule has 0 saturated heterocycles. The van der Waals surface area contributed by atoms with Gasteiger partial charge in [-0.1, -0.05) is 44.0 Å². The topological polar surface area (TPSA) is 12.0 Å². The van der Waals surface area contributed by atoms with Crippen LogP contribution in [0.15, 0.2) is 51.4 Å². The zero-order chi connectivity index (χ0) is 13.2. The van der Waals surface area contributed by atoms with E-state index in [1.165, 1.54) is 27.7 Å². The number of fused-ring (bicyclic) bond motifs is 1. The van der Waals surface area contributed by atoms with Gasteiger partial charge in [-0.15, -0.1) is 0 Å². The van der Waals surface area contributed by atoms with Crippen molar-refractivity contribution >= 4 is 37.5 Å². The Morgan fingerprint density at radius 1 is 0.947 bits per heavy atom. The summed E-state index contributed by atoms with van der Waals surface area (Å²) in [5, 5.41) is 3.64. The highest BCUT2D eigenvalue weighted by Crippen LogP contribution is 2.27. The largest absolute Gasteiger partial charge is 0.382 e. The molecule has 0 fully saturated rings. The Morgan fingerprint density at radius 3 is 2.63 bits per heavy atom. The third-order valence-electron chi connectivity index (χ3n) is 3.59. The number of rotatable bonds is 2. The molecule has 1 N–H and O–H groups in total. The van der Waals surface area contributed by atoms with Crippen LogP contribution in [0.5, 0.6) is 0 Å². The van der Waals surface area contributed by atoms with Crippen LogP contribution in [0.3, 0.4) is 0 Å². The summed E-state index contributed by atoms with van der Waals surface area (Å²) in [7, 11) is 0. The van der Waals surface area contributed by atoms with Crippen LogP contribution in [0.1, 0.15) is 17.5 Å². The van der Waals surface area contributed by atoms with E-state index >= 15 is 0 Å². The van der Waals surface area contributed by atoms with Gasteiger partial charge in [0.25, 0.3) is 0 Å². The van der Waals surface area contributed by atoms with Crippen molar-refractivity contribution in [2.75, 3.05) is 5.32 Å². The molecule has 1 nitrogen and oxygen atoms in total. The van der Waals surface area contributed by atoms with Crippen molar-refractivity contribution in [1.82, 2.24) is 0 Å². The summed E-state index contributed by atoms with van der Waals surface area (Å²) in [6.07, 6.45) is 3.45. The minimum atomic E-state index is 0.531. The summed E-state index contributed by atoms with van der Waals surface area (Å²) in [4.78, 5) is 0. The van der Waals surface area contributed by atoms with Crippen LogP contribution in [-0.4, -0.2) is 6.04 Å². The molecule has 1 aliphatic rings. The lowest BCUT2D eigenvalue weighted by atomic mass is 9.88. The molecule has 2 aromatic rings. The van der Waals surface area contributed by atoms with Gasteiger partial charge in [-0.05, 0) is 60.7 Å². The fourth-order valence-electron chi connectivity index (χ4n) is 2.66. The van der Waals surface area contributed by atoms with Gasteiger partial charge < -0.3 is 5.32 Å². The van der Waals surface area contributed by atoms with E-state index in [0.717, 1.165) is 17.3 Å². The van der Waals surface area contributed by atoms with E-state index in [1.54, 1.807) is 0 Å². The molecular formula is C16H15Br2N. The maximum absolute atomic E-state index is 3.64. The molecule has 0 bridgehead atoms. The normalized spacial score (nSPS) is 17.9. The first kappa shape index (κ1) is 13.2. The zero-order valence-corrected chi connectivity index (χ0v) is 13.7. The quantitative estimate of drug-likeness (QED) is 0.756. The minimum Gasteiger partial charge on any atom is -0.382 e. The fraction of sp³-hybridized carbons (Fsp3) is 0.250. The maximum Gasteiger partial charge on any atom is 0.0353 e. The number of hydrogen-bond acceptors (Lipinski definition) is 1. The molecule has 0 radical (unpaired) electrons. The second-order valence-electron chi connectivity index (χ2n) is 5.01. The monoisotopic (exact) mass is 379 g/mol. The highest BCUT2D eigenvalue weighted by atomic mass is 79.9. The lowest BCUT2D eigenvalue weighted by Crippen LogP contribution is -2.27. The molecule has 19 heavy (non-hydrogen) atoms. The first-order valence-electron chi connectivity index (χ1n) is 6.50. The molecule has 1 unspecified atom stereocenters. The second kappa shape index (κ2) is 5.68. The molecule has 1 atom stereocenters. The van der Waals surface area contributed by atoms with Gasteiger partial charge in [0.2, 0.25) is 0 Å². The van der Waals surface area contributed by atoms with Crippen LogP contribution in [0.4, 0.5) is 5.69 Å². The predicted molar refractivity (Wildman–Crippen MR) is 87.7 cm³/mol. The smallest absolute Gasteiger partial charge is 0.0353 e. The Kier molecular flexibility index (Phi) is 3.94. The Morgan fingerprint density at radius 2 is 1.79 bits per heavy atom. The van der Waals surface area contributed by atoms with E-state index in [9.17, 15) is 0 Å². The van der Waals surface area contributed by atoms with Crippen molar-refractivity contribution in [3.63, 3.8) is 0 Å². The molecule has 0 aliphatic heterocycles. The summed E-state index contributed by atoms with van der Waals surface area (Å²) in [5.41, 5.74) is 4.16. The van der Waals surface area contributed by atoms with Gasteiger partial charge in [0, 0.05) is 20.7 Å². The van der Waals surface area contributed by atoms with E-state index in [0.29, 0.717) is 6.04 Å². The van der Waals surface area contributed by atoms with Gasteiger partial charge >= 0.3 is 0 Å². The molecule has 0 aromatic heterocycles. The SMILES string of the molecule is Brc1cccc(NC2CCc3cc(Br)ccc3C2)c1. The number of benzene rings is 2. The summed E-state index contributed by atoms with van der Waals surface area (Å²) >= 11 is 7.06. The number of halogens is 2. The Balaban J connectivity index is 1.74. The van der Waals surface area contributed by atoms with Gasteiger partial charge in [0.05, 0.1) is 0 Å².